The molecule has 23 heavy (non-hydrogen) atoms. The quantitative estimate of drug-likeness (QED) is 0.686. The second kappa shape index (κ2) is 7.94. The summed E-state index contributed by atoms with van der Waals surface area (Å²) >= 11 is 3.09. The summed E-state index contributed by atoms with van der Waals surface area (Å²) in [6, 6.07) is 19.7. The molecule has 0 aliphatic carbocycles. The average Bonchev–Trinajstić information content (AvgIpc) is 3.14. The van der Waals surface area contributed by atoms with Crippen molar-refractivity contribution >= 4 is 29.0 Å². The molecule has 5 heteroatoms. The smallest absolute Gasteiger partial charge is 0.231 e. The zero-order valence-electron chi connectivity index (χ0n) is 12.4. The van der Waals surface area contributed by atoms with Gasteiger partial charge in [-0.25, -0.2) is 4.98 Å². The van der Waals surface area contributed by atoms with Crippen molar-refractivity contribution in [1.29, 1.82) is 0 Å². The summed E-state index contributed by atoms with van der Waals surface area (Å²) in [7, 11) is 0. The lowest BCUT2D eigenvalue weighted by atomic mass is 10.1. The molecule has 2 heterocycles. The van der Waals surface area contributed by atoms with E-state index in [9.17, 15) is 4.79 Å². The fraction of sp³-hybridized carbons (Fsp3) is 0.111. The predicted octanol–water partition coefficient (Wildman–Crippen LogP) is 4.14. The highest BCUT2D eigenvalue weighted by molar-refractivity contribution is 7.99. The Morgan fingerprint density at radius 2 is 1.91 bits per heavy atom. The fourth-order valence-electron chi connectivity index (χ4n) is 2.19. The first kappa shape index (κ1) is 15.8. The Labute approximate surface area is 143 Å². The maximum atomic E-state index is 12.3. The number of benzene rings is 1. The number of thiophene rings is 1. The molecule has 0 aliphatic heterocycles. The number of carbonyl (C=O) groups is 1. The molecule has 0 unspecified atom stereocenters. The van der Waals surface area contributed by atoms with Crippen LogP contribution in [-0.2, 0) is 4.79 Å². The molecule has 0 fully saturated rings. The van der Waals surface area contributed by atoms with Crippen LogP contribution in [-0.4, -0.2) is 16.6 Å². The van der Waals surface area contributed by atoms with Gasteiger partial charge in [-0.15, -0.1) is 11.3 Å². The van der Waals surface area contributed by atoms with Gasteiger partial charge < -0.3 is 5.32 Å². The van der Waals surface area contributed by atoms with Crippen LogP contribution in [0.15, 0.2) is 77.3 Å². The molecule has 0 saturated carbocycles. The number of amides is 1. The van der Waals surface area contributed by atoms with Crippen molar-refractivity contribution in [3.63, 3.8) is 0 Å². The van der Waals surface area contributed by atoms with Gasteiger partial charge in [0.1, 0.15) is 0 Å². The second-order valence-electron chi connectivity index (χ2n) is 4.88. The number of nitrogens with zero attached hydrogens (tertiary/aromatic N) is 1. The monoisotopic (exact) mass is 340 g/mol. The van der Waals surface area contributed by atoms with Crippen molar-refractivity contribution < 1.29 is 4.79 Å². The Morgan fingerprint density at radius 3 is 2.61 bits per heavy atom. The molecule has 3 aromatic rings. The van der Waals surface area contributed by atoms with E-state index in [0.29, 0.717) is 5.75 Å². The van der Waals surface area contributed by atoms with E-state index in [1.807, 2.05) is 60.0 Å². The lowest BCUT2D eigenvalue weighted by molar-refractivity contribution is -0.119. The van der Waals surface area contributed by atoms with Crippen molar-refractivity contribution in [2.45, 2.75) is 11.1 Å². The van der Waals surface area contributed by atoms with Crippen LogP contribution in [0.3, 0.4) is 0 Å². The topological polar surface area (TPSA) is 42.0 Å². The number of nitrogens with one attached hydrogen (secondary N) is 1. The van der Waals surface area contributed by atoms with Gasteiger partial charge in [-0.1, -0.05) is 54.2 Å². The summed E-state index contributed by atoms with van der Waals surface area (Å²) in [6.07, 6.45) is 1.73. The third kappa shape index (κ3) is 4.43. The maximum absolute atomic E-state index is 12.3. The van der Waals surface area contributed by atoms with Crippen LogP contribution in [0.2, 0.25) is 0 Å². The highest BCUT2D eigenvalue weighted by atomic mass is 32.2. The highest BCUT2D eigenvalue weighted by Gasteiger charge is 2.17. The number of hydrogen-bond acceptors (Lipinski definition) is 4. The van der Waals surface area contributed by atoms with Gasteiger partial charge in [0, 0.05) is 11.1 Å². The molecule has 1 amide bonds. The molecule has 0 spiro atoms. The summed E-state index contributed by atoms with van der Waals surface area (Å²) in [6.45, 7) is 0. The summed E-state index contributed by atoms with van der Waals surface area (Å²) in [4.78, 5) is 17.7. The summed E-state index contributed by atoms with van der Waals surface area (Å²) in [5.41, 5.74) is 1.09. The molecule has 116 valence electrons. The summed E-state index contributed by atoms with van der Waals surface area (Å²) in [5, 5.41) is 6.01. The molecular weight excluding hydrogens is 324 g/mol. The minimum atomic E-state index is -0.104. The van der Waals surface area contributed by atoms with Gasteiger partial charge in [0.2, 0.25) is 5.91 Å². The number of hydrogen-bond donors (Lipinski definition) is 1. The van der Waals surface area contributed by atoms with Crippen LogP contribution in [0.1, 0.15) is 16.5 Å². The first-order valence-electron chi connectivity index (χ1n) is 7.24. The van der Waals surface area contributed by atoms with Crippen molar-refractivity contribution in [3.8, 4) is 0 Å². The number of carbonyl (C=O) groups excluding carboxylic acids is 1. The van der Waals surface area contributed by atoms with Gasteiger partial charge >= 0.3 is 0 Å². The molecule has 0 bridgehead atoms. The first-order valence-corrected chi connectivity index (χ1v) is 9.11. The van der Waals surface area contributed by atoms with Gasteiger partial charge in [0.25, 0.3) is 0 Å². The van der Waals surface area contributed by atoms with E-state index in [1.54, 1.807) is 17.5 Å². The van der Waals surface area contributed by atoms with Crippen LogP contribution in [0, 0.1) is 0 Å². The Balaban J connectivity index is 1.68. The van der Waals surface area contributed by atoms with Crippen molar-refractivity contribution in [2.24, 2.45) is 0 Å². The number of thioether (sulfide) groups is 1. The van der Waals surface area contributed by atoms with E-state index in [4.69, 9.17) is 0 Å². The van der Waals surface area contributed by atoms with Crippen molar-refractivity contribution in [3.05, 3.63) is 82.7 Å². The van der Waals surface area contributed by atoms with Gasteiger partial charge in [0.05, 0.1) is 16.8 Å². The van der Waals surface area contributed by atoms with E-state index in [-0.39, 0.29) is 11.9 Å². The lowest BCUT2D eigenvalue weighted by Crippen LogP contribution is -2.30. The number of pyridine rings is 1. The molecule has 1 aromatic carbocycles. The molecule has 2 aromatic heterocycles. The minimum absolute atomic E-state index is 0.00269. The zero-order valence-corrected chi connectivity index (χ0v) is 14.0. The molecule has 0 radical (unpaired) electrons. The molecule has 1 N–H and O–H groups in total. The standard InChI is InChI=1S/C18H16N2OS2/c21-16(13-23-17-10-4-5-11-19-17)20-18(15-9-6-12-22-15)14-7-2-1-3-8-14/h1-12,18H,13H2,(H,20,21)/t18-/m1/s1. The third-order valence-corrected chi connectivity index (χ3v) is 5.14. The molecule has 1 atom stereocenters. The van der Waals surface area contributed by atoms with E-state index < -0.39 is 0 Å². The van der Waals surface area contributed by atoms with Crippen LogP contribution in [0.25, 0.3) is 0 Å². The highest BCUT2D eigenvalue weighted by Crippen LogP contribution is 2.26. The zero-order chi connectivity index (χ0) is 15.9. The van der Waals surface area contributed by atoms with Crippen LogP contribution >= 0.6 is 23.1 Å². The van der Waals surface area contributed by atoms with E-state index in [0.717, 1.165) is 15.5 Å². The SMILES string of the molecule is O=C(CSc1ccccn1)N[C@H](c1ccccc1)c1cccs1. The molecule has 3 nitrogen and oxygen atoms in total. The summed E-state index contributed by atoms with van der Waals surface area (Å²) in [5.74, 6) is 0.356. The molecule has 0 saturated heterocycles. The van der Waals surface area contributed by atoms with Crippen molar-refractivity contribution in [1.82, 2.24) is 10.3 Å². The Morgan fingerprint density at radius 1 is 1.09 bits per heavy atom. The van der Waals surface area contributed by atoms with Gasteiger partial charge in [-0.2, -0.15) is 0 Å². The molecule has 3 rings (SSSR count). The second-order valence-corrected chi connectivity index (χ2v) is 6.86. The molecule has 0 aliphatic rings. The number of aromatic nitrogens is 1. The Bertz CT molecular complexity index is 730. The third-order valence-electron chi connectivity index (χ3n) is 3.25. The van der Waals surface area contributed by atoms with Gasteiger partial charge in [-0.05, 0) is 29.1 Å². The van der Waals surface area contributed by atoms with E-state index in [2.05, 4.69) is 16.4 Å². The lowest BCUT2D eigenvalue weighted by Gasteiger charge is -2.18. The summed E-state index contributed by atoms with van der Waals surface area (Å²) < 4.78 is 0. The Hall–Kier alpha value is -2.11. The van der Waals surface area contributed by atoms with Gasteiger partial charge in [0.15, 0.2) is 0 Å². The first-order chi connectivity index (χ1) is 11.3. The number of rotatable bonds is 6. The predicted molar refractivity (Wildman–Crippen MR) is 95.7 cm³/mol. The molecular formula is C18H16N2OS2. The van der Waals surface area contributed by atoms with E-state index in [1.165, 1.54) is 11.8 Å². The largest absolute Gasteiger partial charge is 0.344 e. The van der Waals surface area contributed by atoms with E-state index >= 15 is 0 Å². The maximum Gasteiger partial charge on any atom is 0.231 e. The van der Waals surface area contributed by atoms with Crippen LogP contribution in [0.4, 0.5) is 0 Å². The fourth-order valence-corrected chi connectivity index (χ4v) is 3.67. The van der Waals surface area contributed by atoms with Crippen LogP contribution < -0.4 is 5.32 Å². The van der Waals surface area contributed by atoms with Crippen LogP contribution in [0.5, 0.6) is 0 Å². The van der Waals surface area contributed by atoms with Gasteiger partial charge in [-0.3, -0.25) is 4.79 Å². The normalized spacial score (nSPS) is 11.8. The Kier molecular flexibility index (Phi) is 5.45. The van der Waals surface area contributed by atoms with Crippen molar-refractivity contribution in [2.75, 3.05) is 5.75 Å². The average molecular weight is 340 g/mol. The minimum Gasteiger partial charge on any atom is -0.344 e.